The van der Waals surface area contributed by atoms with Crippen molar-refractivity contribution in [1.29, 1.82) is 0 Å². The number of hydrogen-bond donors (Lipinski definition) is 3. The van der Waals surface area contributed by atoms with Gasteiger partial charge in [0.2, 0.25) is 0 Å². The van der Waals surface area contributed by atoms with Crippen LogP contribution in [0.25, 0.3) is 10.9 Å². The zero-order chi connectivity index (χ0) is 30.2. The maximum absolute atomic E-state index is 13.1. The first kappa shape index (κ1) is 27.7. The standard InChI is InChI=1S/C37H31N3O3S/c1-24-20-36(43)39(31-22-28(41)16-17-29(24)31)19-18-26-21-32-35(23-33(26)42)44-34-15-9-8-14-30(34)40(32)37(25-10-4-2-5-11-25)38-27-12-6-3-7-13-27/h2-17,20-23,37-38,41-42H,18-19H2,1H3. The van der Waals surface area contributed by atoms with E-state index in [0.29, 0.717) is 18.5 Å². The summed E-state index contributed by atoms with van der Waals surface area (Å²) in [5.74, 6) is 0.298. The van der Waals surface area contributed by atoms with Gasteiger partial charge in [0.25, 0.3) is 5.56 Å². The average molecular weight is 598 g/mol. The topological polar surface area (TPSA) is 77.7 Å². The van der Waals surface area contributed by atoms with Crippen molar-refractivity contribution >= 4 is 39.7 Å². The molecule has 1 aliphatic heterocycles. The van der Waals surface area contributed by atoms with Crippen LogP contribution in [0, 0.1) is 6.92 Å². The van der Waals surface area contributed by atoms with E-state index in [9.17, 15) is 15.0 Å². The molecule has 0 aliphatic carbocycles. The molecular weight excluding hydrogens is 566 g/mol. The van der Waals surface area contributed by atoms with Crippen LogP contribution in [-0.2, 0) is 13.0 Å². The molecular formula is C37H31N3O3S. The molecule has 218 valence electrons. The summed E-state index contributed by atoms with van der Waals surface area (Å²) in [5.41, 5.74) is 6.26. The fourth-order valence-corrected chi connectivity index (χ4v) is 7.05. The fourth-order valence-electron chi connectivity index (χ4n) is 5.96. The molecule has 0 spiro atoms. The molecule has 0 saturated heterocycles. The lowest BCUT2D eigenvalue weighted by atomic mass is 10.0. The lowest BCUT2D eigenvalue weighted by Crippen LogP contribution is -2.32. The van der Waals surface area contributed by atoms with Gasteiger partial charge in [-0.2, -0.15) is 0 Å². The molecule has 1 aromatic heterocycles. The van der Waals surface area contributed by atoms with Gasteiger partial charge in [-0.05, 0) is 78.6 Å². The zero-order valence-electron chi connectivity index (χ0n) is 24.1. The molecule has 3 N–H and O–H groups in total. The summed E-state index contributed by atoms with van der Waals surface area (Å²) in [5, 5.41) is 26.1. The number of aromatic hydroxyl groups is 2. The lowest BCUT2D eigenvalue weighted by Gasteiger charge is -2.40. The maximum Gasteiger partial charge on any atom is 0.251 e. The Kier molecular flexibility index (Phi) is 7.24. The number of anilines is 3. The Labute approximate surface area is 259 Å². The number of hydrogen-bond acceptors (Lipinski definition) is 6. The van der Waals surface area contributed by atoms with Gasteiger partial charge >= 0.3 is 0 Å². The van der Waals surface area contributed by atoms with E-state index >= 15 is 0 Å². The first-order valence-corrected chi connectivity index (χ1v) is 15.4. The van der Waals surface area contributed by atoms with Gasteiger partial charge in [0.1, 0.15) is 17.7 Å². The van der Waals surface area contributed by atoms with Crippen LogP contribution in [0.5, 0.6) is 11.5 Å². The van der Waals surface area contributed by atoms with E-state index in [-0.39, 0.29) is 23.2 Å². The molecule has 6 aromatic rings. The third kappa shape index (κ3) is 5.16. The average Bonchev–Trinajstić information content (AvgIpc) is 3.03. The smallest absolute Gasteiger partial charge is 0.251 e. The number of nitrogens with one attached hydrogen (secondary N) is 1. The second kappa shape index (κ2) is 11.5. The summed E-state index contributed by atoms with van der Waals surface area (Å²) in [6, 6.07) is 39.5. The van der Waals surface area contributed by atoms with E-state index in [4.69, 9.17) is 0 Å². The predicted molar refractivity (Wildman–Crippen MR) is 178 cm³/mol. The monoisotopic (exact) mass is 597 g/mol. The van der Waals surface area contributed by atoms with E-state index in [0.717, 1.165) is 48.9 Å². The van der Waals surface area contributed by atoms with E-state index in [2.05, 4.69) is 52.7 Å². The highest BCUT2D eigenvalue weighted by Gasteiger charge is 2.31. The molecule has 2 heterocycles. The van der Waals surface area contributed by atoms with E-state index in [1.54, 1.807) is 34.5 Å². The molecule has 6 nitrogen and oxygen atoms in total. The molecule has 1 atom stereocenters. The molecule has 7 rings (SSSR count). The van der Waals surface area contributed by atoms with Gasteiger partial charge in [-0.15, -0.1) is 0 Å². The molecule has 1 unspecified atom stereocenters. The largest absolute Gasteiger partial charge is 0.508 e. The first-order valence-electron chi connectivity index (χ1n) is 14.6. The van der Waals surface area contributed by atoms with Crippen LogP contribution in [0.15, 0.2) is 136 Å². The Morgan fingerprint density at radius 2 is 1.50 bits per heavy atom. The van der Waals surface area contributed by atoms with Crippen LogP contribution in [0.2, 0.25) is 0 Å². The van der Waals surface area contributed by atoms with Crippen molar-refractivity contribution in [2.24, 2.45) is 0 Å². The van der Waals surface area contributed by atoms with Crippen LogP contribution in [0.4, 0.5) is 17.1 Å². The van der Waals surface area contributed by atoms with Gasteiger partial charge < -0.3 is 25.0 Å². The summed E-state index contributed by atoms with van der Waals surface area (Å²) in [4.78, 5) is 17.5. The van der Waals surface area contributed by atoms with Gasteiger partial charge in [-0.1, -0.05) is 72.4 Å². The van der Waals surface area contributed by atoms with Crippen molar-refractivity contribution in [2.45, 2.75) is 35.8 Å². The number of fused-ring (bicyclic) bond motifs is 3. The first-order chi connectivity index (χ1) is 21.5. The summed E-state index contributed by atoms with van der Waals surface area (Å²) in [7, 11) is 0. The number of rotatable bonds is 7. The molecule has 1 aliphatic rings. The third-order valence-corrected chi connectivity index (χ3v) is 9.23. The van der Waals surface area contributed by atoms with Crippen LogP contribution in [-0.4, -0.2) is 14.8 Å². The van der Waals surface area contributed by atoms with Gasteiger partial charge in [0, 0.05) is 39.5 Å². The van der Waals surface area contributed by atoms with E-state index < -0.39 is 0 Å². The third-order valence-electron chi connectivity index (χ3n) is 8.12. The van der Waals surface area contributed by atoms with Crippen LogP contribution >= 0.6 is 11.8 Å². The number of aromatic nitrogens is 1. The minimum Gasteiger partial charge on any atom is -0.508 e. The minimum atomic E-state index is -0.247. The fraction of sp³-hybridized carbons (Fsp3) is 0.108. The van der Waals surface area contributed by atoms with Gasteiger partial charge in [-0.25, -0.2) is 0 Å². The van der Waals surface area contributed by atoms with Crippen molar-refractivity contribution in [3.8, 4) is 11.5 Å². The van der Waals surface area contributed by atoms with Crippen LogP contribution in [0.1, 0.15) is 22.9 Å². The molecule has 44 heavy (non-hydrogen) atoms. The SMILES string of the molecule is Cc1cc(=O)n(CCc2cc3c(cc2O)Sc2ccccc2N3C(Nc2ccccc2)c2ccccc2)c2cc(O)ccc12. The normalized spacial score (nSPS) is 12.9. The number of phenolic OH excluding ortho intramolecular Hbond substituents is 2. The highest BCUT2D eigenvalue weighted by molar-refractivity contribution is 7.99. The summed E-state index contributed by atoms with van der Waals surface area (Å²) >= 11 is 1.64. The molecule has 0 saturated carbocycles. The number of para-hydroxylation sites is 2. The summed E-state index contributed by atoms with van der Waals surface area (Å²) in [6.07, 6.45) is 0.179. The number of aryl methyl sites for hydroxylation is 3. The van der Waals surface area contributed by atoms with Gasteiger partial charge in [-0.3, -0.25) is 4.79 Å². The molecule has 0 fully saturated rings. The van der Waals surface area contributed by atoms with Crippen molar-refractivity contribution in [1.82, 2.24) is 4.57 Å². The highest BCUT2D eigenvalue weighted by atomic mass is 32.2. The zero-order valence-corrected chi connectivity index (χ0v) is 25.0. The highest BCUT2D eigenvalue weighted by Crippen LogP contribution is 2.53. The number of nitrogens with zero attached hydrogens (tertiary/aromatic N) is 2. The lowest BCUT2D eigenvalue weighted by molar-refractivity contribution is 0.463. The molecule has 0 amide bonds. The number of benzene rings is 5. The van der Waals surface area contributed by atoms with Crippen LogP contribution < -0.4 is 15.8 Å². The Morgan fingerprint density at radius 3 is 2.30 bits per heavy atom. The Balaban J connectivity index is 1.33. The predicted octanol–water partition coefficient (Wildman–Crippen LogP) is 8.38. The Bertz CT molecular complexity index is 2040. The van der Waals surface area contributed by atoms with Crippen molar-refractivity contribution in [3.05, 3.63) is 148 Å². The Morgan fingerprint density at radius 1 is 0.773 bits per heavy atom. The van der Waals surface area contributed by atoms with Crippen molar-refractivity contribution in [2.75, 3.05) is 10.2 Å². The van der Waals surface area contributed by atoms with E-state index in [1.807, 2.05) is 67.6 Å². The minimum absolute atomic E-state index is 0.108. The van der Waals surface area contributed by atoms with Gasteiger partial charge in [0.05, 0.1) is 16.9 Å². The van der Waals surface area contributed by atoms with Gasteiger partial charge in [0.15, 0.2) is 0 Å². The number of pyridine rings is 1. The molecule has 0 radical (unpaired) electrons. The quantitative estimate of drug-likeness (QED) is 0.172. The summed E-state index contributed by atoms with van der Waals surface area (Å²) in [6.45, 7) is 2.25. The molecule has 5 aromatic carbocycles. The summed E-state index contributed by atoms with van der Waals surface area (Å²) < 4.78 is 1.67. The Hall–Kier alpha value is -5.14. The van der Waals surface area contributed by atoms with Crippen molar-refractivity contribution in [3.63, 3.8) is 0 Å². The molecule has 7 heteroatoms. The van der Waals surface area contributed by atoms with Crippen LogP contribution in [0.3, 0.4) is 0 Å². The molecule has 0 bridgehead atoms. The van der Waals surface area contributed by atoms with E-state index in [1.165, 1.54) is 0 Å². The maximum atomic E-state index is 13.1. The van der Waals surface area contributed by atoms with Crippen molar-refractivity contribution < 1.29 is 10.2 Å². The number of phenols is 2. The second-order valence-electron chi connectivity index (χ2n) is 11.0. The second-order valence-corrected chi connectivity index (χ2v) is 12.1.